The van der Waals surface area contributed by atoms with Gasteiger partial charge in [-0.05, 0) is 30.3 Å². The first kappa shape index (κ1) is 19.9. The average Bonchev–Trinajstić information content (AvgIpc) is 3.25. The first-order chi connectivity index (χ1) is 14.1. The van der Waals surface area contributed by atoms with Crippen LogP contribution in [-0.4, -0.2) is 36.2 Å². The van der Waals surface area contributed by atoms with Crippen molar-refractivity contribution in [1.82, 2.24) is 21.0 Å². The lowest BCUT2D eigenvalue weighted by Gasteiger charge is -2.07. The molecule has 0 saturated heterocycles. The molecule has 0 fully saturated rings. The number of hydrogen-bond acceptors (Lipinski definition) is 7. The van der Waals surface area contributed by atoms with Gasteiger partial charge in [0.1, 0.15) is 0 Å². The number of benzene rings is 2. The van der Waals surface area contributed by atoms with Crippen LogP contribution in [0.4, 0.5) is 0 Å². The Labute approximate surface area is 167 Å². The van der Waals surface area contributed by atoms with Gasteiger partial charge in [0.2, 0.25) is 17.6 Å². The molecule has 0 aliphatic heterocycles. The van der Waals surface area contributed by atoms with E-state index in [2.05, 4.69) is 21.0 Å². The number of ether oxygens (including phenoxy) is 2. The smallest absolute Gasteiger partial charge is 0.269 e. The molecule has 150 valence electrons. The number of methoxy groups -OCH3 is 2. The van der Waals surface area contributed by atoms with Crippen LogP contribution in [0.3, 0.4) is 0 Å². The van der Waals surface area contributed by atoms with Crippen LogP contribution in [-0.2, 0) is 11.2 Å². The van der Waals surface area contributed by atoms with Gasteiger partial charge in [-0.15, -0.1) is 0 Å². The molecule has 0 bridgehead atoms. The van der Waals surface area contributed by atoms with Gasteiger partial charge in [0, 0.05) is 24.0 Å². The first-order valence-corrected chi connectivity index (χ1v) is 8.80. The fraction of sp³-hybridized carbons (Fsp3) is 0.200. The van der Waals surface area contributed by atoms with E-state index in [1.165, 1.54) is 0 Å². The molecular weight excluding hydrogens is 376 g/mol. The Morgan fingerprint density at radius 1 is 1.00 bits per heavy atom. The Hall–Kier alpha value is -3.88. The highest BCUT2D eigenvalue weighted by Gasteiger charge is 2.14. The average molecular weight is 396 g/mol. The molecule has 2 amide bonds. The Balaban J connectivity index is 1.52. The number of carbonyl (C=O) groups is 2. The largest absolute Gasteiger partial charge is 0.493 e. The number of nitrogens with one attached hydrogen (secondary N) is 2. The van der Waals surface area contributed by atoms with Gasteiger partial charge >= 0.3 is 0 Å². The molecular formula is C20H20N4O5. The Morgan fingerprint density at radius 2 is 1.76 bits per heavy atom. The molecule has 0 aliphatic carbocycles. The highest BCUT2D eigenvalue weighted by atomic mass is 16.5. The van der Waals surface area contributed by atoms with Crippen molar-refractivity contribution in [3.63, 3.8) is 0 Å². The van der Waals surface area contributed by atoms with Crippen molar-refractivity contribution in [2.24, 2.45) is 0 Å². The van der Waals surface area contributed by atoms with E-state index in [1.807, 2.05) is 0 Å². The normalized spacial score (nSPS) is 10.3. The van der Waals surface area contributed by atoms with E-state index < -0.39 is 5.91 Å². The van der Waals surface area contributed by atoms with E-state index in [1.54, 1.807) is 62.8 Å². The number of hydrazine groups is 1. The molecule has 0 radical (unpaired) electrons. The Morgan fingerprint density at radius 3 is 2.48 bits per heavy atom. The lowest BCUT2D eigenvalue weighted by Crippen LogP contribution is -2.41. The van der Waals surface area contributed by atoms with Gasteiger partial charge in [0.25, 0.3) is 5.91 Å². The van der Waals surface area contributed by atoms with Gasteiger partial charge in [0.15, 0.2) is 11.5 Å². The van der Waals surface area contributed by atoms with Gasteiger partial charge in [-0.1, -0.05) is 23.4 Å². The van der Waals surface area contributed by atoms with Crippen LogP contribution in [0.2, 0.25) is 0 Å². The zero-order chi connectivity index (χ0) is 20.6. The molecule has 1 heterocycles. The van der Waals surface area contributed by atoms with E-state index in [-0.39, 0.29) is 18.7 Å². The van der Waals surface area contributed by atoms with Gasteiger partial charge in [-0.2, -0.15) is 4.98 Å². The summed E-state index contributed by atoms with van der Waals surface area (Å²) < 4.78 is 15.7. The summed E-state index contributed by atoms with van der Waals surface area (Å²) in [4.78, 5) is 28.1. The minimum absolute atomic E-state index is 0.0721. The van der Waals surface area contributed by atoms with E-state index in [0.29, 0.717) is 34.3 Å². The molecule has 0 spiro atoms. The Kier molecular flexibility index (Phi) is 6.41. The van der Waals surface area contributed by atoms with Crippen LogP contribution in [0.5, 0.6) is 11.5 Å². The molecule has 0 saturated carbocycles. The SMILES string of the molecule is COc1ccc(-c2noc(CCC(=O)NNC(=O)c3ccccc3)n2)cc1OC. The minimum Gasteiger partial charge on any atom is -0.493 e. The summed E-state index contributed by atoms with van der Waals surface area (Å²) in [6, 6.07) is 13.8. The fourth-order valence-electron chi connectivity index (χ4n) is 2.52. The molecule has 3 rings (SSSR count). The number of aromatic nitrogens is 2. The third-order valence-corrected chi connectivity index (χ3v) is 4.03. The summed E-state index contributed by atoms with van der Waals surface area (Å²) in [6.07, 6.45) is 0.302. The molecule has 9 heteroatoms. The first-order valence-electron chi connectivity index (χ1n) is 8.80. The highest BCUT2D eigenvalue weighted by Crippen LogP contribution is 2.31. The van der Waals surface area contributed by atoms with E-state index in [0.717, 1.165) is 0 Å². The third kappa shape index (κ3) is 5.10. The molecule has 1 aromatic heterocycles. The maximum atomic E-state index is 11.9. The summed E-state index contributed by atoms with van der Waals surface area (Å²) in [5, 5.41) is 3.93. The van der Waals surface area contributed by atoms with Gasteiger partial charge in [-0.25, -0.2) is 0 Å². The standard InChI is InChI=1S/C20H20N4O5/c1-27-15-9-8-14(12-16(15)28-2)19-21-18(29-24-19)11-10-17(25)22-23-20(26)13-6-4-3-5-7-13/h3-9,12H,10-11H2,1-2H3,(H,22,25)(H,23,26). The van der Waals surface area contributed by atoms with Crippen LogP contribution in [0.25, 0.3) is 11.4 Å². The molecule has 0 unspecified atom stereocenters. The number of carbonyl (C=O) groups excluding carboxylic acids is 2. The summed E-state index contributed by atoms with van der Waals surface area (Å²) in [6.45, 7) is 0. The maximum absolute atomic E-state index is 11.9. The number of nitrogens with zero attached hydrogens (tertiary/aromatic N) is 2. The van der Waals surface area contributed by atoms with Crippen molar-refractivity contribution in [1.29, 1.82) is 0 Å². The second-order valence-electron chi connectivity index (χ2n) is 5.95. The quantitative estimate of drug-likeness (QED) is 0.588. The van der Waals surface area contributed by atoms with E-state index in [9.17, 15) is 9.59 Å². The summed E-state index contributed by atoms with van der Waals surface area (Å²) in [5.41, 5.74) is 5.86. The van der Waals surface area contributed by atoms with Crippen LogP contribution in [0.1, 0.15) is 22.7 Å². The molecule has 9 nitrogen and oxygen atoms in total. The van der Waals surface area contributed by atoms with Crippen molar-refractivity contribution in [3.8, 4) is 22.9 Å². The van der Waals surface area contributed by atoms with E-state index >= 15 is 0 Å². The second-order valence-corrected chi connectivity index (χ2v) is 5.95. The third-order valence-electron chi connectivity index (χ3n) is 4.03. The van der Waals surface area contributed by atoms with Gasteiger partial charge in [0.05, 0.1) is 14.2 Å². The van der Waals surface area contributed by atoms with Gasteiger partial charge in [-0.3, -0.25) is 20.4 Å². The van der Waals surface area contributed by atoms with Crippen molar-refractivity contribution < 1.29 is 23.6 Å². The highest BCUT2D eigenvalue weighted by molar-refractivity contribution is 5.95. The van der Waals surface area contributed by atoms with Crippen LogP contribution in [0.15, 0.2) is 53.1 Å². The summed E-state index contributed by atoms with van der Waals surface area (Å²) in [5.74, 6) is 1.05. The van der Waals surface area contributed by atoms with Crippen molar-refractivity contribution in [3.05, 3.63) is 60.0 Å². The predicted molar refractivity (Wildman–Crippen MR) is 103 cm³/mol. The number of rotatable bonds is 7. The van der Waals surface area contributed by atoms with Crippen molar-refractivity contribution in [2.75, 3.05) is 14.2 Å². The molecule has 29 heavy (non-hydrogen) atoms. The molecule has 0 atom stereocenters. The summed E-state index contributed by atoms with van der Waals surface area (Å²) >= 11 is 0. The van der Waals surface area contributed by atoms with Crippen molar-refractivity contribution >= 4 is 11.8 Å². The van der Waals surface area contributed by atoms with Crippen molar-refractivity contribution in [2.45, 2.75) is 12.8 Å². The lowest BCUT2D eigenvalue weighted by molar-refractivity contribution is -0.121. The number of hydrogen-bond donors (Lipinski definition) is 2. The fourth-order valence-corrected chi connectivity index (χ4v) is 2.52. The van der Waals surface area contributed by atoms with Crippen LogP contribution in [0, 0.1) is 0 Å². The molecule has 2 aromatic carbocycles. The maximum Gasteiger partial charge on any atom is 0.269 e. The Bertz CT molecular complexity index is 988. The molecule has 2 N–H and O–H groups in total. The molecule has 3 aromatic rings. The number of amides is 2. The zero-order valence-electron chi connectivity index (χ0n) is 16.0. The summed E-state index contributed by atoms with van der Waals surface area (Å²) in [7, 11) is 3.09. The van der Waals surface area contributed by atoms with Crippen LogP contribution >= 0.6 is 0 Å². The van der Waals surface area contributed by atoms with Crippen LogP contribution < -0.4 is 20.3 Å². The lowest BCUT2D eigenvalue weighted by atomic mass is 10.2. The van der Waals surface area contributed by atoms with Gasteiger partial charge < -0.3 is 14.0 Å². The zero-order valence-corrected chi connectivity index (χ0v) is 16.0. The molecule has 0 aliphatic rings. The predicted octanol–water partition coefficient (Wildman–Crippen LogP) is 2.15. The minimum atomic E-state index is -0.396. The monoisotopic (exact) mass is 396 g/mol. The van der Waals surface area contributed by atoms with E-state index in [4.69, 9.17) is 14.0 Å². The topological polar surface area (TPSA) is 116 Å². The number of aryl methyl sites for hydroxylation is 1. The second kappa shape index (κ2) is 9.36.